The average molecular weight is 152 g/mol. The van der Waals surface area contributed by atoms with Crippen molar-refractivity contribution in [3.63, 3.8) is 0 Å². The Kier molecular flexibility index (Phi) is 4.42. The second kappa shape index (κ2) is 4.83. The molecule has 0 radical (unpaired) electrons. The van der Waals surface area contributed by atoms with Crippen molar-refractivity contribution < 1.29 is 0 Å². The third kappa shape index (κ3) is 3.12. The summed E-state index contributed by atoms with van der Waals surface area (Å²) >= 11 is 0. The Hall–Kier alpha value is -0.920. The standard InChI is InChI=1S/C7H10N2.C2H6/c1-5-4-8-6(2)7(3)9-5;1-2/h4H,1-3H3;1-2H3. The van der Waals surface area contributed by atoms with Crippen molar-refractivity contribution in [2.24, 2.45) is 0 Å². The Bertz CT molecular complexity index is 219. The van der Waals surface area contributed by atoms with Crippen LogP contribution in [-0.2, 0) is 0 Å². The highest BCUT2D eigenvalue weighted by atomic mass is 14.8. The Morgan fingerprint density at radius 2 is 1.55 bits per heavy atom. The van der Waals surface area contributed by atoms with Crippen LogP contribution in [0.3, 0.4) is 0 Å². The Labute approximate surface area is 68.7 Å². The number of rotatable bonds is 0. The molecule has 0 amide bonds. The van der Waals surface area contributed by atoms with E-state index in [-0.39, 0.29) is 0 Å². The lowest BCUT2D eigenvalue weighted by atomic mass is 10.3. The molecule has 1 aromatic heterocycles. The predicted molar refractivity (Wildman–Crippen MR) is 47.6 cm³/mol. The molecule has 0 spiro atoms. The van der Waals surface area contributed by atoms with E-state index in [1.54, 1.807) is 6.20 Å². The van der Waals surface area contributed by atoms with Gasteiger partial charge in [0.25, 0.3) is 0 Å². The van der Waals surface area contributed by atoms with E-state index in [0.717, 1.165) is 17.1 Å². The molecule has 62 valence electrons. The molecule has 0 N–H and O–H groups in total. The Balaban J connectivity index is 0.000000461. The van der Waals surface area contributed by atoms with E-state index in [4.69, 9.17) is 0 Å². The van der Waals surface area contributed by atoms with Crippen LogP contribution in [0, 0.1) is 20.8 Å². The van der Waals surface area contributed by atoms with Crippen molar-refractivity contribution in [1.29, 1.82) is 0 Å². The van der Waals surface area contributed by atoms with Crippen LogP contribution in [0.15, 0.2) is 6.20 Å². The number of aryl methyl sites for hydroxylation is 3. The van der Waals surface area contributed by atoms with E-state index >= 15 is 0 Å². The van der Waals surface area contributed by atoms with E-state index < -0.39 is 0 Å². The van der Waals surface area contributed by atoms with Gasteiger partial charge in [-0.05, 0) is 20.8 Å². The van der Waals surface area contributed by atoms with E-state index in [1.807, 2.05) is 34.6 Å². The van der Waals surface area contributed by atoms with Crippen LogP contribution in [0.4, 0.5) is 0 Å². The van der Waals surface area contributed by atoms with Crippen LogP contribution in [0.1, 0.15) is 30.9 Å². The molecule has 2 heteroatoms. The molecule has 0 saturated carbocycles. The minimum Gasteiger partial charge on any atom is -0.258 e. The first kappa shape index (κ1) is 10.1. The van der Waals surface area contributed by atoms with Gasteiger partial charge in [0.15, 0.2) is 0 Å². The number of aromatic nitrogens is 2. The van der Waals surface area contributed by atoms with Crippen LogP contribution in [0.25, 0.3) is 0 Å². The van der Waals surface area contributed by atoms with Crippen molar-refractivity contribution in [2.45, 2.75) is 34.6 Å². The molecule has 0 saturated heterocycles. The Morgan fingerprint density at radius 3 is 1.91 bits per heavy atom. The van der Waals surface area contributed by atoms with Gasteiger partial charge < -0.3 is 0 Å². The molecule has 0 atom stereocenters. The maximum atomic E-state index is 4.21. The minimum absolute atomic E-state index is 0.984. The molecule has 0 aromatic carbocycles. The van der Waals surface area contributed by atoms with E-state index in [9.17, 15) is 0 Å². The molecular formula is C9H16N2. The van der Waals surface area contributed by atoms with Crippen LogP contribution >= 0.6 is 0 Å². The van der Waals surface area contributed by atoms with Gasteiger partial charge in [0.1, 0.15) is 0 Å². The zero-order chi connectivity index (χ0) is 8.85. The van der Waals surface area contributed by atoms with Crippen molar-refractivity contribution in [3.05, 3.63) is 23.3 Å². The smallest absolute Gasteiger partial charge is 0.0588 e. The summed E-state index contributed by atoms with van der Waals surface area (Å²) in [5.41, 5.74) is 3.02. The fourth-order valence-corrected chi connectivity index (χ4v) is 0.658. The van der Waals surface area contributed by atoms with Crippen LogP contribution < -0.4 is 0 Å². The molecule has 2 nitrogen and oxygen atoms in total. The number of nitrogens with zero attached hydrogens (tertiary/aromatic N) is 2. The zero-order valence-corrected chi connectivity index (χ0v) is 7.97. The Morgan fingerprint density at radius 1 is 1.00 bits per heavy atom. The van der Waals surface area contributed by atoms with Crippen LogP contribution in [0.2, 0.25) is 0 Å². The van der Waals surface area contributed by atoms with Gasteiger partial charge in [-0.2, -0.15) is 0 Å². The molecule has 1 aromatic rings. The monoisotopic (exact) mass is 152 g/mol. The zero-order valence-electron chi connectivity index (χ0n) is 7.97. The van der Waals surface area contributed by atoms with E-state index in [0.29, 0.717) is 0 Å². The summed E-state index contributed by atoms with van der Waals surface area (Å²) in [6, 6.07) is 0. The summed E-state index contributed by atoms with van der Waals surface area (Å²) in [6.07, 6.45) is 1.78. The third-order valence-corrected chi connectivity index (χ3v) is 1.31. The molecule has 11 heavy (non-hydrogen) atoms. The van der Waals surface area contributed by atoms with Gasteiger partial charge in [-0.25, -0.2) is 0 Å². The van der Waals surface area contributed by atoms with E-state index in [2.05, 4.69) is 9.97 Å². The summed E-state index contributed by atoms with van der Waals surface area (Å²) in [4.78, 5) is 8.33. The molecule has 0 aliphatic rings. The molecule has 0 unspecified atom stereocenters. The van der Waals surface area contributed by atoms with Crippen LogP contribution in [0.5, 0.6) is 0 Å². The van der Waals surface area contributed by atoms with Gasteiger partial charge in [-0.1, -0.05) is 13.8 Å². The van der Waals surface area contributed by atoms with Gasteiger partial charge in [0.05, 0.1) is 17.1 Å². The largest absolute Gasteiger partial charge is 0.258 e. The average Bonchev–Trinajstić information content (AvgIpc) is 2.02. The summed E-state index contributed by atoms with van der Waals surface area (Å²) in [7, 11) is 0. The molecule has 0 aliphatic carbocycles. The summed E-state index contributed by atoms with van der Waals surface area (Å²) in [5.74, 6) is 0. The first-order chi connectivity index (χ1) is 5.20. The molecule has 1 rings (SSSR count). The molecule has 0 aliphatic heterocycles. The van der Waals surface area contributed by atoms with Crippen molar-refractivity contribution >= 4 is 0 Å². The fourth-order valence-electron chi connectivity index (χ4n) is 0.658. The topological polar surface area (TPSA) is 25.8 Å². The first-order valence-electron chi connectivity index (χ1n) is 3.97. The lowest BCUT2D eigenvalue weighted by molar-refractivity contribution is 1.00. The lowest BCUT2D eigenvalue weighted by Gasteiger charge is -1.96. The van der Waals surface area contributed by atoms with Gasteiger partial charge in [0, 0.05) is 6.20 Å². The normalized spacial score (nSPS) is 8.45. The highest BCUT2D eigenvalue weighted by Gasteiger charge is 1.92. The van der Waals surface area contributed by atoms with Gasteiger partial charge in [0.2, 0.25) is 0 Å². The fraction of sp³-hybridized carbons (Fsp3) is 0.556. The van der Waals surface area contributed by atoms with Gasteiger partial charge in [-0.15, -0.1) is 0 Å². The van der Waals surface area contributed by atoms with Crippen molar-refractivity contribution in [3.8, 4) is 0 Å². The highest BCUT2D eigenvalue weighted by molar-refractivity contribution is 5.09. The van der Waals surface area contributed by atoms with Crippen LogP contribution in [-0.4, -0.2) is 9.97 Å². The third-order valence-electron chi connectivity index (χ3n) is 1.31. The van der Waals surface area contributed by atoms with Gasteiger partial charge >= 0.3 is 0 Å². The molecule has 1 heterocycles. The molecule has 0 bridgehead atoms. The maximum Gasteiger partial charge on any atom is 0.0588 e. The van der Waals surface area contributed by atoms with Crippen molar-refractivity contribution in [1.82, 2.24) is 9.97 Å². The number of hydrogen-bond acceptors (Lipinski definition) is 2. The lowest BCUT2D eigenvalue weighted by Crippen LogP contribution is -1.92. The number of hydrogen-bond donors (Lipinski definition) is 0. The predicted octanol–water partition coefficient (Wildman–Crippen LogP) is 2.43. The second-order valence-electron chi connectivity index (χ2n) is 2.18. The molecule has 0 fully saturated rings. The minimum atomic E-state index is 0.984. The summed E-state index contributed by atoms with van der Waals surface area (Å²) < 4.78 is 0. The van der Waals surface area contributed by atoms with E-state index in [1.165, 1.54) is 0 Å². The first-order valence-corrected chi connectivity index (χ1v) is 3.97. The summed E-state index contributed by atoms with van der Waals surface area (Å²) in [6.45, 7) is 9.87. The van der Waals surface area contributed by atoms with Crippen molar-refractivity contribution in [2.75, 3.05) is 0 Å². The molecular weight excluding hydrogens is 136 g/mol. The summed E-state index contributed by atoms with van der Waals surface area (Å²) in [5, 5.41) is 0. The highest BCUT2D eigenvalue weighted by Crippen LogP contribution is 1.98. The quantitative estimate of drug-likeness (QED) is 0.570. The SMILES string of the molecule is CC.Cc1cnc(C)c(C)n1. The maximum absolute atomic E-state index is 4.21. The second-order valence-corrected chi connectivity index (χ2v) is 2.18. The van der Waals surface area contributed by atoms with Gasteiger partial charge in [-0.3, -0.25) is 9.97 Å².